The zero-order chi connectivity index (χ0) is 12.4. The van der Waals surface area contributed by atoms with Crippen molar-refractivity contribution in [2.45, 2.75) is 38.1 Å². The third-order valence-corrected chi connectivity index (χ3v) is 4.22. The van der Waals surface area contributed by atoms with Crippen LogP contribution in [0.15, 0.2) is 18.2 Å². The summed E-state index contributed by atoms with van der Waals surface area (Å²) in [5.74, 6) is 2.63. The lowest BCUT2D eigenvalue weighted by molar-refractivity contribution is 0.174. The number of ether oxygens (including phenoxy) is 2. The van der Waals surface area contributed by atoms with Crippen LogP contribution in [0, 0.1) is 5.92 Å². The first-order chi connectivity index (χ1) is 8.85. The van der Waals surface area contributed by atoms with Gasteiger partial charge in [0.15, 0.2) is 11.5 Å². The molecule has 0 atom stereocenters. The number of benzene rings is 1. The first-order valence-electron chi connectivity index (χ1n) is 6.91. The molecule has 3 nitrogen and oxygen atoms in total. The molecule has 1 aliphatic carbocycles. The highest BCUT2D eigenvalue weighted by atomic mass is 16.7. The highest BCUT2D eigenvalue weighted by molar-refractivity contribution is 5.44. The zero-order valence-corrected chi connectivity index (χ0v) is 10.9. The second-order valence-electron chi connectivity index (χ2n) is 5.40. The van der Waals surface area contributed by atoms with Gasteiger partial charge in [0.2, 0.25) is 6.79 Å². The van der Waals surface area contributed by atoms with Crippen molar-refractivity contribution in [3.8, 4) is 11.5 Å². The Balaban J connectivity index is 1.60. The van der Waals surface area contributed by atoms with Gasteiger partial charge in [0.05, 0.1) is 0 Å². The molecular weight excluding hydrogens is 226 g/mol. The molecule has 1 heterocycles. The Bertz CT molecular complexity index is 411. The fourth-order valence-electron chi connectivity index (χ4n) is 3.06. The van der Waals surface area contributed by atoms with Crippen LogP contribution in [-0.2, 0) is 6.42 Å². The largest absolute Gasteiger partial charge is 0.454 e. The van der Waals surface area contributed by atoms with Crippen LogP contribution in [0.25, 0.3) is 0 Å². The topological polar surface area (TPSA) is 30.5 Å². The van der Waals surface area contributed by atoms with Gasteiger partial charge in [-0.2, -0.15) is 0 Å². The number of hydrogen-bond donors (Lipinski definition) is 1. The molecule has 0 saturated heterocycles. The van der Waals surface area contributed by atoms with Gasteiger partial charge in [-0.1, -0.05) is 6.07 Å². The van der Waals surface area contributed by atoms with Crippen LogP contribution in [0.1, 0.15) is 31.2 Å². The van der Waals surface area contributed by atoms with Gasteiger partial charge in [-0.05, 0) is 62.8 Å². The van der Waals surface area contributed by atoms with Crippen molar-refractivity contribution in [2.24, 2.45) is 5.92 Å². The Hall–Kier alpha value is -1.22. The van der Waals surface area contributed by atoms with Gasteiger partial charge in [-0.15, -0.1) is 0 Å². The smallest absolute Gasteiger partial charge is 0.231 e. The predicted octanol–water partition coefficient (Wildman–Crippen LogP) is 2.74. The maximum Gasteiger partial charge on any atom is 0.231 e. The molecule has 0 bridgehead atoms. The third-order valence-electron chi connectivity index (χ3n) is 4.22. The first kappa shape index (κ1) is 11.8. The summed E-state index contributed by atoms with van der Waals surface area (Å²) < 4.78 is 10.8. The molecule has 0 spiro atoms. The molecule has 1 aromatic carbocycles. The normalized spacial score (nSPS) is 26.3. The fourth-order valence-corrected chi connectivity index (χ4v) is 3.06. The summed E-state index contributed by atoms with van der Waals surface area (Å²) in [6, 6.07) is 7.10. The molecule has 1 aliphatic heterocycles. The van der Waals surface area contributed by atoms with Gasteiger partial charge >= 0.3 is 0 Å². The van der Waals surface area contributed by atoms with Crippen LogP contribution in [0.4, 0.5) is 0 Å². The first-order valence-corrected chi connectivity index (χ1v) is 6.91. The molecule has 1 saturated carbocycles. The second kappa shape index (κ2) is 5.19. The van der Waals surface area contributed by atoms with Gasteiger partial charge in [0.1, 0.15) is 0 Å². The predicted molar refractivity (Wildman–Crippen MR) is 71.1 cm³/mol. The fraction of sp³-hybridized carbons (Fsp3) is 0.600. The van der Waals surface area contributed by atoms with Crippen molar-refractivity contribution >= 4 is 0 Å². The lowest BCUT2D eigenvalue weighted by atomic mass is 9.82. The molecule has 18 heavy (non-hydrogen) atoms. The van der Waals surface area contributed by atoms with Crippen LogP contribution in [0.2, 0.25) is 0 Å². The quantitative estimate of drug-likeness (QED) is 0.891. The average Bonchev–Trinajstić information content (AvgIpc) is 2.87. The molecule has 1 aromatic rings. The maximum absolute atomic E-state index is 5.43. The Kier molecular flexibility index (Phi) is 3.41. The summed E-state index contributed by atoms with van der Waals surface area (Å²) in [4.78, 5) is 0. The van der Waals surface area contributed by atoms with Crippen molar-refractivity contribution in [2.75, 3.05) is 13.8 Å². The zero-order valence-electron chi connectivity index (χ0n) is 10.9. The Labute approximate surface area is 108 Å². The van der Waals surface area contributed by atoms with E-state index in [-0.39, 0.29) is 0 Å². The van der Waals surface area contributed by atoms with Crippen molar-refractivity contribution in [1.29, 1.82) is 0 Å². The minimum atomic E-state index is 0.367. The van der Waals surface area contributed by atoms with E-state index in [4.69, 9.17) is 9.47 Å². The lowest BCUT2D eigenvalue weighted by Crippen LogP contribution is -2.30. The Morgan fingerprint density at radius 3 is 2.67 bits per heavy atom. The van der Waals surface area contributed by atoms with Crippen molar-refractivity contribution < 1.29 is 9.47 Å². The van der Waals surface area contributed by atoms with E-state index in [9.17, 15) is 0 Å². The van der Waals surface area contributed by atoms with E-state index in [1.54, 1.807) is 0 Å². The van der Waals surface area contributed by atoms with Crippen molar-refractivity contribution in [1.82, 2.24) is 5.32 Å². The second-order valence-corrected chi connectivity index (χ2v) is 5.40. The van der Waals surface area contributed by atoms with E-state index in [0.29, 0.717) is 6.79 Å². The summed E-state index contributed by atoms with van der Waals surface area (Å²) in [6.07, 6.45) is 6.46. The van der Waals surface area contributed by atoms with Gasteiger partial charge in [-0.25, -0.2) is 0 Å². The van der Waals surface area contributed by atoms with Crippen LogP contribution < -0.4 is 14.8 Å². The number of rotatable bonds is 3. The SMILES string of the molecule is CNC1CCC(Cc2ccc3c(c2)OCO3)CC1. The minimum Gasteiger partial charge on any atom is -0.454 e. The summed E-state index contributed by atoms with van der Waals surface area (Å²) >= 11 is 0. The number of nitrogens with one attached hydrogen (secondary N) is 1. The van der Waals surface area contributed by atoms with Crippen LogP contribution in [0.5, 0.6) is 11.5 Å². The summed E-state index contributed by atoms with van der Waals surface area (Å²) in [6.45, 7) is 0.367. The highest BCUT2D eigenvalue weighted by Gasteiger charge is 2.21. The van der Waals surface area contributed by atoms with Gasteiger partial charge < -0.3 is 14.8 Å². The molecule has 0 amide bonds. The number of hydrogen-bond acceptors (Lipinski definition) is 3. The lowest BCUT2D eigenvalue weighted by Gasteiger charge is -2.28. The molecule has 0 radical (unpaired) electrons. The maximum atomic E-state index is 5.43. The summed E-state index contributed by atoms with van der Waals surface area (Å²) in [7, 11) is 2.07. The van der Waals surface area contributed by atoms with E-state index < -0.39 is 0 Å². The molecule has 98 valence electrons. The molecule has 1 fully saturated rings. The molecule has 0 aromatic heterocycles. The van der Waals surface area contributed by atoms with Gasteiger partial charge in [0, 0.05) is 6.04 Å². The highest BCUT2D eigenvalue weighted by Crippen LogP contribution is 2.34. The molecular formula is C15H21NO2. The molecule has 3 heteroatoms. The molecule has 3 rings (SSSR count). The molecule has 2 aliphatic rings. The average molecular weight is 247 g/mol. The summed E-state index contributed by atoms with van der Waals surface area (Å²) in [5, 5.41) is 3.39. The van der Waals surface area contributed by atoms with E-state index in [2.05, 4.69) is 24.5 Å². The standard InChI is InChI=1S/C15H21NO2/c1-16-13-5-2-11(3-6-13)8-12-4-7-14-15(9-12)18-10-17-14/h4,7,9,11,13,16H,2-3,5-6,8,10H2,1H3. The van der Waals surface area contributed by atoms with Gasteiger partial charge in [-0.3, -0.25) is 0 Å². The Morgan fingerprint density at radius 2 is 1.89 bits per heavy atom. The summed E-state index contributed by atoms with van der Waals surface area (Å²) in [5.41, 5.74) is 1.38. The van der Waals surface area contributed by atoms with Crippen LogP contribution >= 0.6 is 0 Å². The van der Waals surface area contributed by atoms with E-state index >= 15 is 0 Å². The monoisotopic (exact) mass is 247 g/mol. The van der Waals surface area contributed by atoms with E-state index in [0.717, 1.165) is 23.5 Å². The molecule has 1 N–H and O–H groups in total. The molecule has 0 unspecified atom stereocenters. The minimum absolute atomic E-state index is 0.367. The third kappa shape index (κ3) is 2.46. The van der Waals surface area contributed by atoms with E-state index in [1.165, 1.54) is 37.7 Å². The number of fused-ring (bicyclic) bond motifs is 1. The van der Waals surface area contributed by atoms with Crippen LogP contribution in [0.3, 0.4) is 0 Å². The Morgan fingerprint density at radius 1 is 1.11 bits per heavy atom. The van der Waals surface area contributed by atoms with Crippen molar-refractivity contribution in [3.63, 3.8) is 0 Å². The van der Waals surface area contributed by atoms with E-state index in [1.807, 2.05) is 6.07 Å². The van der Waals surface area contributed by atoms with Crippen molar-refractivity contribution in [3.05, 3.63) is 23.8 Å². The van der Waals surface area contributed by atoms with Crippen LogP contribution in [-0.4, -0.2) is 19.9 Å². The van der Waals surface area contributed by atoms with Gasteiger partial charge in [0.25, 0.3) is 0 Å².